The first-order valence-electron chi connectivity index (χ1n) is 8.29. The first-order valence-corrected chi connectivity index (χ1v) is 8.66. The number of hydrogen-bond acceptors (Lipinski definition) is 3. The van der Waals surface area contributed by atoms with Crippen molar-refractivity contribution < 1.29 is 4.79 Å². The molecular formula is C19H22ClN3O. The van der Waals surface area contributed by atoms with Gasteiger partial charge in [0, 0.05) is 31.7 Å². The fourth-order valence-electron chi connectivity index (χ4n) is 3.24. The van der Waals surface area contributed by atoms with E-state index in [4.69, 9.17) is 11.6 Å². The zero-order chi connectivity index (χ0) is 16.9. The van der Waals surface area contributed by atoms with Gasteiger partial charge < -0.3 is 10.6 Å². The fourth-order valence-corrected chi connectivity index (χ4v) is 3.35. The lowest BCUT2D eigenvalue weighted by atomic mass is 9.89. The minimum absolute atomic E-state index is 0.0644. The number of aromatic nitrogens is 1. The lowest BCUT2D eigenvalue weighted by Gasteiger charge is -2.18. The molecule has 0 unspecified atom stereocenters. The molecule has 1 aliphatic rings. The molecule has 2 N–H and O–H groups in total. The Morgan fingerprint density at radius 1 is 1.33 bits per heavy atom. The number of carbonyl (C=O) groups excluding carboxylic acids is 1. The number of nitrogens with zero attached hydrogens (tertiary/aromatic N) is 1. The highest BCUT2D eigenvalue weighted by Crippen LogP contribution is 2.28. The van der Waals surface area contributed by atoms with Gasteiger partial charge in [0.15, 0.2) is 0 Å². The summed E-state index contributed by atoms with van der Waals surface area (Å²) < 4.78 is 0. The second-order valence-electron chi connectivity index (χ2n) is 6.32. The second kappa shape index (κ2) is 7.77. The Bertz CT molecular complexity index is 702. The molecule has 1 aliphatic heterocycles. The maximum absolute atomic E-state index is 12.6. The van der Waals surface area contributed by atoms with Crippen LogP contribution in [0.15, 0.2) is 42.6 Å². The molecule has 0 spiro atoms. The van der Waals surface area contributed by atoms with Gasteiger partial charge in [-0.1, -0.05) is 47.5 Å². The molecule has 5 heteroatoms. The van der Waals surface area contributed by atoms with Gasteiger partial charge in [0.2, 0.25) is 5.91 Å². The second-order valence-corrected chi connectivity index (χ2v) is 6.70. The first-order chi connectivity index (χ1) is 11.6. The van der Waals surface area contributed by atoms with E-state index < -0.39 is 0 Å². The van der Waals surface area contributed by atoms with Crippen LogP contribution in [-0.4, -0.2) is 30.5 Å². The summed E-state index contributed by atoms with van der Waals surface area (Å²) in [5.41, 5.74) is 3.55. The van der Waals surface area contributed by atoms with E-state index in [2.05, 4.69) is 46.8 Å². The predicted octanol–water partition coefficient (Wildman–Crippen LogP) is 2.71. The van der Waals surface area contributed by atoms with Crippen molar-refractivity contribution >= 4 is 17.5 Å². The number of rotatable bonds is 5. The zero-order valence-corrected chi connectivity index (χ0v) is 14.5. The molecule has 1 saturated heterocycles. The predicted molar refractivity (Wildman–Crippen MR) is 96.2 cm³/mol. The van der Waals surface area contributed by atoms with Crippen molar-refractivity contribution in [1.82, 2.24) is 15.6 Å². The number of nitrogens with one attached hydrogen (secondary N) is 2. The van der Waals surface area contributed by atoms with Gasteiger partial charge in [0.25, 0.3) is 0 Å². The monoisotopic (exact) mass is 343 g/mol. The quantitative estimate of drug-likeness (QED) is 0.821. The van der Waals surface area contributed by atoms with Gasteiger partial charge in [-0.05, 0) is 30.5 Å². The van der Waals surface area contributed by atoms with E-state index in [9.17, 15) is 4.79 Å². The van der Waals surface area contributed by atoms with Gasteiger partial charge in [0.05, 0.1) is 5.92 Å². The average molecular weight is 344 g/mol. The lowest BCUT2D eigenvalue weighted by Crippen LogP contribution is -2.35. The molecule has 1 aromatic carbocycles. The van der Waals surface area contributed by atoms with E-state index in [1.165, 1.54) is 11.1 Å². The van der Waals surface area contributed by atoms with Crippen molar-refractivity contribution in [3.63, 3.8) is 0 Å². The molecule has 2 aromatic rings. The third kappa shape index (κ3) is 4.13. The van der Waals surface area contributed by atoms with Crippen molar-refractivity contribution in [3.05, 3.63) is 64.4 Å². The van der Waals surface area contributed by atoms with E-state index >= 15 is 0 Å². The highest BCUT2D eigenvalue weighted by atomic mass is 35.5. The summed E-state index contributed by atoms with van der Waals surface area (Å²) in [7, 11) is 0. The molecule has 4 nitrogen and oxygen atoms in total. The topological polar surface area (TPSA) is 54.0 Å². The Labute approximate surface area is 147 Å². The standard InChI is InChI=1S/C19H22ClN3O/c1-13-3-2-4-14(9-13)7-8-22-19(24)17-12-21-11-16(17)15-5-6-18(20)23-10-15/h2-6,9-10,16-17,21H,7-8,11-12H2,1H3,(H,22,24)/t16-,17+/m0/s1. The smallest absolute Gasteiger partial charge is 0.225 e. The Kier molecular flexibility index (Phi) is 5.48. The van der Waals surface area contributed by atoms with Gasteiger partial charge in [-0.15, -0.1) is 0 Å². The van der Waals surface area contributed by atoms with Crippen LogP contribution in [0.3, 0.4) is 0 Å². The van der Waals surface area contributed by atoms with Crippen LogP contribution in [0.1, 0.15) is 22.6 Å². The molecule has 0 radical (unpaired) electrons. The third-order valence-corrected chi connectivity index (χ3v) is 4.75. The average Bonchev–Trinajstić information content (AvgIpc) is 3.05. The van der Waals surface area contributed by atoms with Crippen molar-refractivity contribution in [2.75, 3.05) is 19.6 Å². The maximum atomic E-state index is 12.6. The van der Waals surface area contributed by atoms with Crippen LogP contribution in [0.25, 0.3) is 0 Å². The number of aryl methyl sites for hydroxylation is 1. The summed E-state index contributed by atoms with van der Waals surface area (Å²) in [4.78, 5) is 16.7. The molecule has 2 atom stereocenters. The fraction of sp³-hybridized carbons (Fsp3) is 0.368. The SMILES string of the molecule is Cc1cccc(CCNC(=O)[C@@H]2CNC[C@H]2c2ccc(Cl)nc2)c1. The number of carbonyl (C=O) groups is 1. The molecule has 0 saturated carbocycles. The van der Waals surface area contributed by atoms with E-state index in [1.807, 2.05) is 6.07 Å². The largest absolute Gasteiger partial charge is 0.355 e. The number of amides is 1. The minimum Gasteiger partial charge on any atom is -0.355 e. The molecule has 2 heterocycles. The normalized spacial score (nSPS) is 20.1. The molecule has 1 fully saturated rings. The molecule has 3 rings (SSSR count). The number of halogens is 1. The minimum atomic E-state index is -0.0644. The van der Waals surface area contributed by atoms with E-state index in [-0.39, 0.29) is 17.7 Å². The maximum Gasteiger partial charge on any atom is 0.225 e. The zero-order valence-electron chi connectivity index (χ0n) is 13.8. The van der Waals surface area contributed by atoms with Crippen LogP contribution in [0.5, 0.6) is 0 Å². The van der Waals surface area contributed by atoms with E-state index in [1.54, 1.807) is 12.3 Å². The lowest BCUT2D eigenvalue weighted by molar-refractivity contribution is -0.124. The van der Waals surface area contributed by atoms with Gasteiger partial charge in [-0.3, -0.25) is 4.79 Å². The van der Waals surface area contributed by atoms with Crippen molar-refractivity contribution in [2.45, 2.75) is 19.3 Å². The Morgan fingerprint density at radius 2 is 2.21 bits per heavy atom. The highest BCUT2D eigenvalue weighted by molar-refractivity contribution is 6.29. The van der Waals surface area contributed by atoms with Crippen LogP contribution < -0.4 is 10.6 Å². The summed E-state index contributed by atoms with van der Waals surface area (Å²) >= 11 is 5.85. The van der Waals surface area contributed by atoms with Gasteiger partial charge >= 0.3 is 0 Å². The van der Waals surface area contributed by atoms with Crippen LogP contribution in [0.4, 0.5) is 0 Å². The first kappa shape index (κ1) is 16.9. The molecule has 126 valence electrons. The van der Waals surface area contributed by atoms with Crippen LogP contribution >= 0.6 is 11.6 Å². The molecule has 1 aromatic heterocycles. The molecule has 0 bridgehead atoms. The number of benzene rings is 1. The van der Waals surface area contributed by atoms with Gasteiger partial charge in [0.1, 0.15) is 5.15 Å². The molecule has 0 aliphatic carbocycles. The van der Waals surface area contributed by atoms with Crippen LogP contribution in [-0.2, 0) is 11.2 Å². The number of hydrogen-bond donors (Lipinski definition) is 2. The van der Waals surface area contributed by atoms with Crippen molar-refractivity contribution in [1.29, 1.82) is 0 Å². The summed E-state index contributed by atoms with van der Waals surface area (Å²) in [6.45, 7) is 4.23. The van der Waals surface area contributed by atoms with E-state index in [0.29, 0.717) is 18.2 Å². The van der Waals surface area contributed by atoms with Crippen molar-refractivity contribution in [2.24, 2.45) is 5.92 Å². The Balaban J connectivity index is 1.56. The van der Waals surface area contributed by atoms with Crippen LogP contribution in [0, 0.1) is 12.8 Å². The molecule has 24 heavy (non-hydrogen) atoms. The Hall–Kier alpha value is -1.91. The van der Waals surface area contributed by atoms with Gasteiger partial charge in [-0.25, -0.2) is 4.98 Å². The molecular weight excluding hydrogens is 322 g/mol. The van der Waals surface area contributed by atoms with Crippen molar-refractivity contribution in [3.8, 4) is 0 Å². The van der Waals surface area contributed by atoms with Crippen LogP contribution in [0.2, 0.25) is 5.15 Å². The van der Waals surface area contributed by atoms with E-state index in [0.717, 1.165) is 18.5 Å². The summed E-state index contributed by atoms with van der Waals surface area (Å²) in [5.74, 6) is 0.187. The Morgan fingerprint density at radius 3 is 2.96 bits per heavy atom. The highest BCUT2D eigenvalue weighted by Gasteiger charge is 2.33. The summed E-state index contributed by atoms with van der Waals surface area (Å²) in [6, 6.07) is 12.1. The summed E-state index contributed by atoms with van der Waals surface area (Å²) in [6.07, 6.45) is 2.62. The summed E-state index contributed by atoms with van der Waals surface area (Å²) in [5, 5.41) is 6.86. The van der Waals surface area contributed by atoms with Gasteiger partial charge in [-0.2, -0.15) is 0 Å². The molecule has 1 amide bonds. The third-order valence-electron chi connectivity index (χ3n) is 4.52. The number of pyridine rings is 1.